The van der Waals surface area contributed by atoms with Crippen molar-refractivity contribution in [3.63, 3.8) is 0 Å². The first kappa shape index (κ1) is 21.2. The number of amides is 1. The quantitative estimate of drug-likeness (QED) is 0.391. The number of hydrogen-bond acceptors (Lipinski definition) is 4. The van der Waals surface area contributed by atoms with Gasteiger partial charge in [0.1, 0.15) is 23.0 Å². The SMILES string of the molecule is O=C(N[C@H]1CC[C@@H](Nc2cccc3nc(C(F)(F)F)cn23)CC1)c1[nH]nc2cccc(F)c12. The average Bonchev–Trinajstić information content (AvgIpc) is 3.41. The van der Waals surface area contributed by atoms with Gasteiger partial charge in [0.15, 0.2) is 5.69 Å². The number of hydrogen-bond donors (Lipinski definition) is 3. The summed E-state index contributed by atoms with van der Waals surface area (Å²) in [7, 11) is 0. The zero-order valence-corrected chi connectivity index (χ0v) is 17.3. The number of pyridine rings is 1. The minimum Gasteiger partial charge on any atom is -0.368 e. The van der Waals surface area contributed by atoms with Crippen LogP contribution in [0.1, 0.15) is 41.9 Å². The molecule has 1 amide bonds. The highest BCUT2D eigenvalue weighted by atomic mass is 19.4. The molecule has 0 radical (unpaired) electrons. The first-order chi connectivity index (χ1) is 15.8. The third-order valence-electron chi connectivity index (χ3n) is 5.95. The Balaban J connectivity index is 1.23. The van der Waals surface area contributed by atoms with E-state index in [1.807, 2.05) is 0 Å². The van der Waals surface area contributed by atoms with E-state index in [4.69, 9.17) is 0 Å². The third-order valence-corrected chi connectivity index (χ3v) is 5.95. The van der Waals surface area contributed by atoms with Gasteiger partial charge in [0.05, 0.1) is 10.9 Å². The van der Waals surface area contributed by atoms with Crippen LogP contribution in [0.2, 0.25) is 0 Å². The maximum Gasteiger partial charge on any atom is 0.434 e. The third kappa shape index (κ3) is 4.10. The molecular formula is C22H20F4N6O. The molecule has 0 unspecified atom stereocenters. The number of nitrogens with one attached hydrogen (secondary N) is 3. The zero-order valence-electron chi connectivity index (χ0n) is 17.3. The normalized spacial score (nSPS) is 19.2. The summed E-state index contributed by atoms with van der Waals surface area (Å²) in [5.74, 6) is -0.397. The van der Waals surface area contributed by atoms with Gasteiger partial charge in [-0.3, -0.25) is 14.3 Å². The fourth-order valence-corrected chi connectivity index (χ4v) is 4.30. The van der Waals surface area contributed by atoms with Crippen molar-refractivity contribution in [2.45, 2.75) is 43.9 Å². The lowest BCUT2D eigenvalue weighted by atomic mass is 9.91. The number of anilines is 1. The van der Waals surface area contributed by atoms with E-state index in [9.17, 15) is 22.4 Å². The number of H-pyrrole nitrogens is 1. The fraction of sp³-hybridized carbons (Fsp3) is 0.318. The molecule has 1 aromatic carbocycles. The molecule has 1 aliphatic carbocycles. The van der Waals surface area contributed by atoms with Crippen molar-refractivity contribution in [1.82, 2.24) is 24.9 Å². The van der Waals surface area contributed by atoms with Crippen LogP contribution in [0.15, 0.2) is 42.6 Å². The number of imidazole rings is 1. The molecule has 11 heteroatoms. The van der Waals surface area contributed by atoms with Crippen LogP contribution in [0.5, 0.6) is 0 Å². The maximum atomic E-state index is 14.1. The highest BCUT2D eigenvalue weighted by Crippen LogP contribution is 2.30. The van der Waals surface area contributed by atoms with Crippen molar-refractivity contribution < 1.29 is 22.4 Å². The summed E-state index contributed by atoms with van der Waals surface area (Å²) in [5.41, 5.74) is -0.246. The molecule has 3 aromatic heterocycles. The fourth-order valence-electron chi connectivity index (χ4n) is 4.30. The Kier molecular flexibility index (Phi) is 5.18. The van der Waals surface area contributed by atoms with Crippen LogP contribution in [0, 0.1) is 5.82 Å². The zero-order chi connectivity index (χ0) is 23.2. The first-order valence-electron chi connectivity index (χ1n) is 10.5. The monoisotopic (exact) mass is 460 g/mol. The largest absolute Gasteiger partial charge is 0.434 e. The van der Waals surface area contributed by atoms with Crippen molar-refractivity contribution >= 4 is 28.3 Å². The maximum absolute atomic E-state index is 14.1. The van der Waals surface area contributed by atoms with E-state index >= 15 is 0 Å². The second-order valence-corrected chi connectivity index (χ2v) is 8.16. The summed E-state index contributed by atoms with van der Waals surface area (Å²) in [4.78, 5) is 16.3. The van der Waals surface area contributed by atoms with Crippen LogP contribution in [0.4, 0.5) is 23.4 Å². The van der Waals surface area contributed by atoms with Crippen LogP contribution >= 0.6 is 0 Å². The first-order valence-corrected chi connectivity index (χ1v) is 10.5. The molecule has 1 saturated carbocycles. The number of carbonyl (C=O) groups excluding carboxylic acids is 1. The lowest BCUT2D eigenvalue weighted by molar-refractivity contribution is -0.140. The van der Waals surface area contributed by atoms with Gasteiger partial charge >= 0.3 is 6.18 Å². The van der Waals surface area contributed by atoms with Crippen molar-refractivity contribution in [2.24, 2.45) is 0 Å². The predicted molar refractivity (Wildman–Crippen MR) is 113 cm³/mol. The van der Waals surface area contributed by atoms with Gasteiger partial charge in [-0.2, -0.15) is 18.3 Å². The second-order valence-electron chi connectivity index (χ2n) is 8.16. The summed E-state index contributed by atoms with van der Waals surface area (Å²) in [6.07, 6.45) is -0.766. The Labute approximate surface area is 185 Å². The van der Waals surface area contributed by atoms with E-state index < -0.39 is 23.6 Å². The lowest BCUT2D eigenvalue weighted by Crippen LogP contribution is -2.40. The Hall–Kier alpha value is -3.63. The minimum absolute atomic E-state index is 0.0333. The number of carbonyl (C=O) groups is 1. The molecule has 1 fully saturated rings. The Morgan fingerprint density at radius 1 is 1.06 bits per heavy atom. The van der Waals surface area contributed by atoms with Gasteiger partial charge in [0.25, 0.3) is 5.91 Å². The number of rotatable bonds is 4. The molecule has 3 heterocycles. The molecule has 1 aliphatic rings. The Morgan fingerprint density at radius 2 is 1.79 bits per heavy atom. The van der Waals surface area contributed by atoms with Gasteiger partial charge in [-0.1, -0.05) is 12.1 Å². The van der Waals surface area contributed by atoms with Gasteiger partial charge in [-0.15, -0.1) is 0 Å². The van der Waals surface area contributed by atoms with Crippen molar-refractivity contribution in [3.05, 3.63) is 59.8 Å². The van der Waals surface area contributed by atoms with E-state index in [0.717, 1.165) is 6.20 Å². The molecule has 4 aromatic rings. The van der Waals surface area contributed by atoms with E-state index in [2.05, 4.69) is 25.8 Å². The summed E-state index contributed by atoms with van der Waals surface area (Å²) in [6, 6.07) is 9.26. The molecule has 7 nitrogen and oxygen atoms in total. The second kappa shape index (κ2) is 8.05. The molecule has 0 saturated heterocycles. The number of aromatic amines is 1. The van der Waals surface area contributed by atoms with Gasteiger partial charge < -0.3 is 10.6 Å². The number of fused-ring (bicyclic) bond motifs is 2. The Bertz CT molecular complexity index is 1320. The van der Waals surface area contributed by atoms with E-state index in [1.54, 1.807) is 18.2 Å². The number of alkyl halides is 3. The van der Waals surface area contributed by atoms with Crippen molar-refractivity contribution in [2.75, 3.05) is 5.32 Å². The van der Waals surface area contributed by atoms with E-state index in [1.165, 1.54) is 22.6 Å². The number of halogens is 4. The molecule has 0 bridgehead atoms. The molecule has 0 spiro atoms. The molecule has 33 heavy (non-hydrogen) atoms. The molecule has 172 valence electrons. The smallest absolute Gasteiger partial charge is 0.368 e. The number of benzene rings is 1. The summed E-state index contributed by atoms with van der Waals surface area (Å²) >= 11 is 0. The Morgan fingerprint density at radius 3 is 2.55 bits per heavy atom. The van der Waals surface area contributed by atoms with Crippen LogP contribution in [0.25, 0.3) is 16.6 Å². The molecule has 5 rings (SSSR count). The van der Waals surface area contributed by atoms with Gasteiger partial charge in [0.2, 0.25) is 0 Å². The van der Waals surface area contributed by atoms with E-state index in [0.29, 0.717) is 37.0 Å². The highest BCUT2D eigenvalue weighted by Gasteiger charge is 2.34. The minimum atomic E-state index is -4.51. The van der Waals surface area contributed by atoms with Crippen LogP contribution in [0.3, 0.4) is 0 Å². The van der Waals surface area contributed by atoms with E-state index in [-0.39, 0.29) is 28.8 Å². The van der Waals surface area contributed by atoms with Crippen molar-refractivity contribution in [1.29, 1.82) is 0 Å². The lowest BCUT2D eigenvalue weighted by Gasteiger charge is -2.30. The average molecular weight is 460 g/mol. The van der Waals surface area contributed by atoms with Crippen LogP contribution in [-0.4, -0.2) is 37.6 Å². The summed E-state index contributed by atoms with van der Waals surface area (Å²) < 4.78 is 54.6. The number of nitrogens with zero attached hydrogens (tertiary/aromatic N) is 3. The summed E-state index contributed by atoms with van der Waals surface area (Å²) in [5, 5.41) is 13.0. The topological polar surface area (TPSA) is 87.1 Å². The molecule has 0 aliphatic heterocycles. The molecule has 0 atom stereocenters. The van der Waals surface area contributed by atoms with Crippen LogP contribution in [-0.2, 0) is 6.18 Å². The molecular weight excluding hydrogens is 440 g/mol. The van der Waals surface area contributed by atoms with Gasteiger partial charge in [0, 0.05) is 18.3 Å². The highest BCUT2D eigenvalue weighted by molar-refractivity contribution is 6.04. The predicted octanol–water partition coefficient (Wildman–Crippen LogP) is 4.52. The van der Waals surface area contributed by atoms with Crippen molar-refractivity contribution in [3.8, 4) is 0 Å². The number of aromatic nitrogens is 4. The summed E-state index contributed by atoms with van der Waals surface area (Å²) in [6.45, 7) is 0. The van der Waals surface area contributed by atoms with Crippen LogP contribution < -0.4 is 10.6 Å². The standard InChI is InChI=1S/C22H20F4N6O/c23-14-3-1-4-15-19(14)20(31-30-15)21(33)28-13-9-7-12(8-10-13)27-17-5-2-6-18-29-16(11-32(17)18)22(24,25)26/h1-6,11-13,27H,7-10H2,(H,28,33)(H,30,31)/t12-,13+. The molecule has 3 N–H and O–H groups in total. The van der Waals surface area contributed by atoms with Gasteiger partial charge in [-0.25, -0.2) is 9.37 Å². The van der Waals surface area contributed by atoms with Gasteiger partial charge in [-0.05, 0) is 49.9 Å².